The average molecular weight is 254 g/mol. The third-order valence-electron chi connectivity index (χ3n) is 2.46. The van der Waals surface area contributed by atoms with Crippen molar-refractivity contribution in [3.63, 3.8) is 0 Å². The Morgan fingerprint density at radius 3 is 2.33 bits per heavy atom. The van der Waals surface area contributed by atoms with Crippen molar-refractivity contribution < 1.29 is 20.4 Å². The maximum Gasteiger partial charge on any atom is 0.106 e. The summed E-state index contributed by atoms with van der Waals surface area (Å²) in [6.45, 7) is 4.83. The first-order chi connectivity index (χ1) is 8.44. The molecule has 4 N–H and O–H groups in total. The Bertz CT molecular complexity index is 316. The zero-order valence-corrected chi connectivity index (χ0v) is 10.6. The topological polar surface area (TPSA) is 80.9 Å². The van der Waals surface area contributed by atoms with Gasteiger partial charge in [-0.3, -0.25) is 0 Å². The summed E-state index contributed by atoms with van der Waals surface area (Å²) in [5, 5.41) is 37.4. The highest BCUT2D eigenvalue weighted by atomic mass is 16.3. The molecule has 0 amide bonds. The van der Waals surface area contributed by atoms with Crippen molar-refractivity contribution in [2.45, 2.75) is 31.2 Å². The van der Waals surface area contributed by atoms with E-state index < -0.39 is 17.8 Å². The van der Waals surface area contributed by atoms with Crippen LogP contribution in [0.3, 0.4) is 0 Å². The van der Waals surface area contributed by atoms with E-state index in [0.29, 0.717) is 0 Å². The van der Waals surface area contributed by atoms with E-state index in [1.807, 2.05) is 0 Å². The van der Waals surface area contributed by atoms with Gasteiger partial charge in [0.1, 0.15) is 5.60 Å². The molecule has 3 atom stereocenters. The van der Waals surface area contributed by atoms with E-state index in [4.69, 9.17) is 5.11 Å². The van der Waals surface area contributed by atoms with Crippen LogP contribution in [0.1, 0.15) is 13.3 Å². The van der Waals surface area contributed by atoms with Gasteiger partial charge in [-0.05, 0) is 6.92 Å². The Morgan fingerprint density at radius 1 is 1.17 bits per heavy atom. The van der Waals surface area contributed by atoms with Crippen LogP contribution >= 0.6 is 0 Å². The highest BCUT2D eigenvalue weighted by Crippen LogP contribution is 2.16. The van der Waals surface area contributed by atoms with Crippen molar-refractivity contribution in [3.05, 3.63) is 49.1 Å². The molecule has 4 heteroatoms. The second-order valence-corrected chi connectivity index (χ2v) is 4.13. The maximum atomic E-state index is 9.66. The normalized spacial score (nSPS) is 19.4. The molecule has 0 fully saturated rings. The molecular weight excluding hydrogens is 232 g/mol. The quantitative estimate of drug-likeness (QED) is 0.379. The molecule has 4 nitrogen and oxygen atoms in total. The van der Waals surface area contributed by atoms with Crippen molar-refractivity contribution in [2.24, 2.45) is 0 Å². The van der Waals surface area contributed by atoms with Gasteiger partial charge in [-0.25, -0.2) is 0 Å². The number of rotatable bonds is 8. The molecule has 3 unspecified atom stereocenters. The van der Waals surface area contributed by atoms with E-state index in [-0.39, 0.29) is 13.0 Å². The SMILES string of the molecule is C=CC(C)(O)C(O)CC(O)C=CC=CC=CCO. The van der Waals surface area contributed by atoms with Crippen molar-refractivity contribution in [1.29, 1.82) is 0 Å². The molecule has 0 aromatic heterocycles. The summed E-state index contributed by atoms with van der Waals surface area (Å²) in [6.07, 6.45) is 9.12. The predicted molar refractivity (Wildman–Crippen MR) is 72.0 cm³/mol. The van der Waals surface area contributed by atoms with Gasteiger partial charge in [-0.15, -0.1) is 6.58 Å². The van der Waals surface area contributed by atoms with Crippen molar-refractivity contribution >= 4 is 0 Å². The van der Waals surface area contributed by atoms with Crippen LogP contribution in [-0.4, -0.2) is 44.8 Å². The maximum absolute atomic E-state index is 9.66. The highest BCUT2D eigenvalue weighted by molar-refractivity contribution is 5.12. The lowest BCUT2D eigenvalue weighted by Gasteiger charge is -2.26. The van der Waals surface area contributed by atoms with E-state index in [1.54, 1.807) is 30.4 Å². The number of allylic oxidation sites excluding steroid dienone is 4. The molecule has 0 aliphatic carbocycles. The van der Waals surface area contributed by atoms with Crippen LogP contribution < -0.4 is 0 Å². The monoisotopic (exact) mass is 254 g/mol. The van der Waals surface area contributed by atoms with Gasteiger partial charge in [-0.1, -0.05) is 42.5 Å². The van der Waals surface area contributed by atoms with E-state index in [9.17, 15) is 15.3 Å². The van der Waals surface area contributed by atoms with E-state index >= 15 is 0 Å². The number of hydrogen-bond acceptors (Lipinski definition) is 4. The van der Waals surface area contributed by atoms with Crippen LogP contribution in [0.4, 0.5) is 0 Å². The Labute approximate surface area is 108 Å². The summed E-state index contributed by atoms with van der Waals surface area (Å²) in [7, 11) is 0. The summed E-state index contributed by atoms with van der Waals surface area (Å²) in [5.41, 5.74) is -1.41. The molecule has 0 aliphatic heterocycles. The van der Waals surface area contributed by atoms with Gasteiger partial charge in [0.25, 0.3) is 0 Å². The summed E-state index contributed by atoms with van der Waals surface area (Å²) in [4.78, 5) is 0. The van der Waals surface area contributed by atoms with Crippen LogP contribution in [0.2, 0.25) is 0 Å². The van der Waals surface area contributed by atoms with E-state index in [2.05, 4.69) is 6.58 Å². The lowest BCUT2D eigenvalue weighted by atomic mass is 9.94. The van der Waals surface area contributed by atoms with Crippen LogP contribution in [0, 0.1) is 0 Å². The zero-order chi connectivity index (χ0) is 14.0. The van der Waals surface area contributed by atoms with Gasteiger partial charge >= 0.3 is 0 Å². The van der Waals surface area contributed by atoms with Crippen molar-refractivity contribution in [2.75, 3.05) is 6.61 Å². The fourth-order valence-corrected chi connectivity index (χ4v) is 1.14. The number of aliphatic hydroxyl groups excluding tert-OH is 3. The van der Waals surface area contributed by atoms with Gasteiger partial charge < -0.3 is 20.4 Å². The molecule has 0 aromatic carbocycles. The fourth-order valence-electron chi connectivity index (χ4n) is 1.14. The molecule has 0 bridgehead atoms. The van der Waals surface area contributed by atoms with Gasteiger partial charge in [0.2, 0.25) is 0 Å². The van der Waals surface area contributed by atoms with E-state index in [1.165, 1.54) is 19.1 Å². The first-order valence-electron chi connectivity index (χ1n) is 5.77. The molecule has 0 heterocycles. The second kappa shape index (κ2) is 8.83. The Kier molecular flexibility index (Phi) is 8.24. The predicted octanol–water partition coefficient (Wildman–Crippen LogP) is 0.696. The zero-order valence-electron chi connectivity index (χ0n) is 10.6. The standard InChI is InChI=1S/C14H22O4/c1-3-14(2,18)13(17)11-12(16)9-7-5-4-6-8-10-15/h3-9,12-13,15-18H,1,10-11H2,2H3. The summed E-state index contributed by atoms with van der Waals surface area (Å²) in [6, 6.07) is 0. The first-order valence-corrected chi connectivity index (χ1v) is 5.77. The van der Waals surface area contributed by atoms with Gasteiger partial charge in [0.15, 0.2) is 0 Å². The molecule has 0 aliphatic rings. The fraction of sp³-hybridized carbons (Fsp3) is 0.429. The van der Waals surface area contributed by atoms with Crippen LogP contribution in [0.25, 0.3) is 0 Å². The minimum atomic E-state index is -1.41. The molecule has 0 spiro atoms. The third-order valence-corrected chi connectivity index (χ3v) is 2.46. The summed E-state index contributed by atoms with van der Waals surface area (Å²) >= 11 is 0. The van der Waals surface area contributed by atoms with Gasteiger partial charge in [-0.2, -0.15) is 0 Å². The first kappa shape index (κ1) is 16.8. The molecule has 0 aromatic rings. The molecule has 0 saturated carbocycles. The van der Waals surface area contributed by atoms with Crippen molar-refractivity contribution in [1.82, 2.24) is 0 Å². The molecule has 0 radical (unpaired) electrons. The number of hydrogen-bond donors (Lipinski definition) is 4. The van der Waals surface area contributed by atoms with Crippen LogP contribution in [-0.2, 0) is 0 Å². The van der Waals surface area contributed by atoms with Gasteiger partial charge in [0.05, 0.1) is 18.8 Å². The summed E-state index contributed by atoms with van der Waals surface area (Å²) < 4.78 is 0. The Morgan fingerprint density at radius 2 is 1.78 bits per heavy atom. The molecule has 102 valence electrons. The minimum Gasteiger partial charge on any atom is -0.392 e. The lowest BCUT2D eigenvalue weighted by Crippen LogP contribution is -2.39. The Hall–Kier alpha value is -1.20. The van der Waals surface area contributed by atoms with Gasteiger partial charge in [0, 0.05) is 6.42 Å². The number of aliphatic hydroxyl groups is 4. The molecule has 0 saturated heterocycles. The summed E-state index contributed by atoms with van der Waals surface area (Å²) in [5.74, 6) is 0. The highest BCUT2D eigenvalue weighted by Gasteiger charge is 2.27. The van der Waals surface area contributed by atoms with E-state index in [0.717, 1.165) is 0 Å². The largest absolute Gasteiger partial charge is 0.392 e. The minimum absolute atomic E-state index is 0.0144. The van der Waals surface area contributed by atoms with Crippen LogP contribution in [0.5, 0.6) is 0 Å². The van der Waals surface area contributed by atoms with Crippen molar-refractivity contribution in [3.8, 4) is 0 Å². The molecule has 18 heavy (non-hydrogen) atoms. The Balaban J connectivity index is 4.15. The lowest BCUT2D eigenvalue weighted by molar-refractivity contribution is -0.0434. The van der Waals surface area contributed by atoms with Crippen LogP contribution in [0.15, 0.2) is 49.1 Å². The molecular formula is C14H22O4. The second-order valence-electron chi connectivity index (χ2n) is 4.13. The third kappa shape index (κ3) is 7.19. The average Bonchev–Trinajstić information content (AvgIpc) is 2.33. The molecule has 0 rings (SSSR count). The smallest absolute Gasteiger partial charge is 0.106 e.